The van der Waals surface area contributed by atoms with Crippen LogP contribution in [0.4, 0.5) is 0 Å². The molecular formula is C11H27NOSi. The molecule has 3 heteroatoms. The summed E-state index contributed by atoms with van der Waals surface area (Å²) in [6.07, 6.45) is 1.11. The van der Waals surface area contributed by atoms with E-state index in [0.717, 1.165) is 19.6 Å². The highest BCUT2D eigenvalue weighted by Crippen LogP contribution is 2.30. The Morgan fingerprint density at radius 2 is 1.57 bits per heavy atom. The molecule has 0 saturated carbocycles. The first kappa shape index (κ1) is 14.1. The van der Waals surface area contributed by atoms with Crippen molar-refractivity contribution in [1.82, 2.24) is 4.98 Å². The highest BCUT2D eigenvalue weighted by molar-refractivity contribution is 6.74. The standard InChI is InChI=1S/C11H27NOSi/c1-7-9-13-14(10(3)4,11(5)6)12-8-2/h10-12H,7-9H2,1-6H3. The Morgan fingerprint density at radius 1 is 1.07 bits per heavy atom. The molecule has 0 bridgehead atoms. The summed E-state index contributed by atoms with van der Waals surface area (Å²) in [4.78, 5) is 3.65. The molecule has 0 aliphatic heterocycles. The van der Waals surface area contributed by atoms with Gasteiger partial charge in [0.1, 0.15) is 0 Å². The van der Waals surface area contributed by atoms with Crippen LogP contribution in [0.3, 0.4) is 0 Å². The second-order valence-corrected chi connectivity index (χ2v) is 9.02. The molecular weight excluding hydrogens is 190 g/mol. The van der Waals surface area contributed by atoms with E-state index in [1.54, 1.807) is 0 Å². The third-order valence-electron chi connectivity index (χ3n) is 2.71. The summed E-state index contributed by atoms with van der Waals surface area (Å²) in [6, 6.07) is 0. The fraction of sp³-hybridized carbons (Fsp3) is 1.00. The van der Waals surface area contributed by atoms with Crippen LogP contribution in [0.5, 0.6) is 0 Å². The third-order valence-corrected chi connectivity index (χ3v) is 7.73. The molecule has 14 heavy (non-hydrogen) atoms. The number of rotatable bonds is 7. The van der Waals surface area contributed by atoms with Crippen LogP contribution < -0.4 is 4.98 Å². The topological polar surface area (TPSA) is 21.3 Å². The van der Waals surface area contributed by atoms with Crippen LogP contribution in [0.15, 0.2) is 0 Å². The predicted octanol–water partition coefficient (Wildman–Crippen LogP) is 3.28. The third kappa shape index (κ3) is 3.37. The largest absolute Gasteiger partial charge is 0.403 e. The van der Waals surface area contributed by atoms with Crippen molar-refractivity contribution in [1.29, 1.82) is 0 Å². The minimum Gasteiger partial charge on any atom is -0.403 e. The minimum atomic E-state index is -1.72. The Balaban J connectivity index is 4.56. The smallest absolute Gasteiger partial charge is 0.273 e. The van der Waals surface area contributed by atoms with E-state index in [1.165, 1.54) is 0 Å². The van der Waals surface area contributed by atoms with Gasteiger partial charge in [0, 0.05) is 6.61 Å². The monoisotopic (exact) mass is 217 g/mol. The maximum absolute atomic E-state index is 6.17. The predicted molar refractivity (Wildman–Crippen MR) is 65.9 cm³/mol. The van der Waals surface area contributed by atoms with Gasteiger partial charge in [-0.3, -0.25) is 0 Å². The average molecular weight is 217 g/mol. The Labute approximate surface area is 90.6 Å². The molecule has 0 aromatic carbocycles. The lowest BCUT2D eigenvalue weighted by molar-refractivity contribution is 0.275. The first-order chi connectivity index (χ1) is 6.51. The normalized spacial score (nSPS) is 12.9. The van der Waals surface area contributed by atoms with Crippen LogP contribution in [-0.4, -0.2) is 21.6 Å². The van der Waals surface area contributed by atoms with E-state index in [2.05, 4.69) is 46.5 Å². The molecule has 0 radical (unpaired) electrons. The van der Waals surface area contributed by atoms with Crippen LogP contribution in [0.2, 0.25) is 11.1 Å². The molecule has 0 rings (SSSR count). The molecule has 0 heterocycles. The van der Waals surface area contributed by atoms with Gasteiger partial charge in [-0.2, -0.15) is 0 Å². The fourth-order valence-electron chi connectivity index (χ4n) is 2.01. The van der Waals surface area contributed by atoms with E-state index >= 15 is 0 Å². The lowest BCUT2D eigenvalue weighted by Crippen LogP contribution is -2.58. The van der Waals surface area contributed by atoms with Crippen LogP contribution in [0, 0.1) is 0 Å². The molecule has 1 N–H and O–H groups in total. The molecule has 86 valence electrons. The summed E-state index contributed by atoms with van der Waals surface area (Å²) in [5.41, 5.74) is 1.27. The highest BCUT2D eigenvalue weighted by atomic mass is 28.4. The van der Waals surface area contributed by atoms with E-state index < -0.39 is 8.48 Å². The molecule has 0 aliphatic carbocycles. The Kier molecular flexibility index (Phi) is 6.65. The van der Waals surface area contributed by atoms with Crippen molar-refractivity contribution in [2.45, 2.75) is 59.0 Å². The average Bonchev–Trinajstić information content (AvgIpc) is 2.11. The quantitative estimate of drug-likeness (QED) is 0.661. The molecule has 0 fully saturated rings. The minimum absolute atomic E-state index is 0.633. The summed E-state index contributed by atoms with van der Waals surface area (Å²) in [6.45, 7) is 15.4. The highest BCUT2D eigenvalue weighted by Gasteiger charge is 2.41. The molecule has 0 saturated heterocycles. The number of nitrogens with one attached hydrogen (secondary N) is 1. The summed E-state index contributed by atoms with van der Waals surface area (Å²) < 4.78 is 6.17. The zero-order valence-corrected chi connectivity index (χ0v) is 11.7. The van der Waals surface area contributed by atoms with Crippen molar-refractivity contribution >= 4 is 8.48 Å². The Morgan fingerprint density at radius 3 is 1.86 bits per heavy atom. The molecule has 0 aliphatic rings. The second-order valence-electron chi connectivity index (χ2n) is 4.48. The van der Waals surface area contributed by atoms with E-state index in [-0.39, 0.29) is 0 Å². The van der Waals surface area contributed by atoms with Gasteiger partial charge < -0.3 is 9.41 Å². The van der Waals surface area contributed by atoms with Crippen LogP contribution in [0.1, 0.15) is 48.0 Å². The van der Waals surface area contributed by atoms with Gasteiger partial charge in [-0.15, -0.1) is 0 Å². The van der Waals surface area contributed by atoms with Gasteiger partial charge in [-0.05, 0) is 24.0 Å². The van der Waals surface area contributed by atoms with E-state index in [4.69, 9.17) is 4.43 Å². The van der Waals surface area contributed by atoms with Crippen LogP contribution in [-0.2, 0) is 4.43 Å². The Bertz CT molecular complexity index is 140. The van der Waals surface area contributed by atoms with Gasteiger partial charge in [0.05, 0.1) is 0 Å². The lowest BCUT2D eigenvalue weighted by atomic mass is 10.5. The van der Waals surface area contributed by atoms with Gasteiger partial charge in [-0.1, -0.05) is 41.5 Å². The van der Waals surface area contributed by atoms with Crippen molar-refractivity contribution in [3.8, 4) is 0 Å². The van der Waals surface area contributed by atoms with Crippen molar-refractivity contribution in [3.63, 3.8) is 0 Å². The summed E-state index contributed by atoms with van der Waals surface area (Å²) in [5, 5.41) is 0. The van der Waals surface area contributed by atoms with E-state index in [1.807, 2.05) is 0 Å². The van der Waals surface area contributed by atoms with Crippen LogP contribution in [0.25, 0.3) is 0 Å². The molecule has 0 atom stereocenters. The Hall–Kier alpha value is 0.137. The zero-order chi connectivity index (χ0) is 11.2. The summed E-state index contributed by atoms with van der Waals surface area (Å²) in [7, 11) is -1.72. The molecule has 0 aromatic rings. The van der Waals surface area contributed by atoms with Crippen molar-refractivity contribution in [2.75, 3.05) is 13.2 Å². The lowest BCUT2D eigenvalue weighted by Gasteiger charge is -2.38. The molecule has 0 unspecified atom stereocenters. The molecule has 0 aromatic heterocycles. The van der Waals surface area contributed by atoms with Crippen molar-refractivity contribution in [2.24, 2.45) is 0 Å². The maximum atomic E-state index is 6.17. The second kappa shape index (κ2) is 6.59. The molecule has 0 spiro atoms. The molecule has 2 nitrogen and oxygen atoms in total. The number of hydrogen-bond acceptors (Lipinski definition) is 2. The van der Waals surface area contributed by atoms with E-state index in [9.17, 15) is 0 Å². The van der Waals surface area contributed by atoms with Gasteiger partial charge in [0.25, 0.3) is 8.48 Å². The first-order valence-electron chi connectivity index (χ1n) is 5.90. The fourth-order valence-corrected chi connectivity index (χ4v) is 6.02. The zero-order valence-electron chi connectivity index (χ0n) is 10.7. The first-order valence-corrected chi connectivity index (χ1v) is 7.96. The van der Waals surface area contributed by atoms with Gasteiger partial charge in [0.15, 0.2) is 0 Å². The van der Waals surface area contributed by atoms with Crippen molar-refractivity contribution < 1.29 is 4.43 Å². The van der Waals surface area contributed by atoms with E-state index in [0.29, 0.717) is 11.1 Å². The summed E-state index contributed by atoms with van der Waals surface area (Å²) in [5.74, 6) is 0. The number of hydrogen-bond donors (Lipinski definition) is 1. The van der Waals surface area contributed by atoms with Gasteiger partial charge >= 0.3 is 0 Å². The van der Waals surface area contributed by atoms with Gasteiger partial charge in [0.2, 0.25) is 0 Å². The summed E-state index contributed by atoms with van der Waals surface area (Å²) >= 11 is 0. The maximum Gasteiger partial charge on any atom is 0.273 e. The van der Waals surface area contributed by atoms with Gasteiger partial charge in [-0.25, -0.2) is 0 Å². The SMILES string of the molecule is CCCO[Si](NCC)(C(C)C)C(C)C. The molecule has 0 amide bonds. The van der Waals surface area contributed by atoms with Crippen LogP contribution >= 0.6 is 0 Å². The van der Waals surface area contributed by atoms with Crippen molar-refractivity contribution in [3.05, 3.63) is 0 Å².